The van der Waals surface area contributed by atoms with E-state index in [1.54, 1.807) is 29.1 Å². The smallest absolute Gasteiger partial charge is 0.248 e. The molecule has 0 radical (unpaired) electrons. The zero-order chi connectivity index (χ0) is 12.3. The molecule has 0 atom stereocenters. The van der Waals surface area contributed by atoms with E-state index in [9.17, 15) is 4.79 Å². The van der Waals surface area contributed by atoms with Crippen molar-refractivity contribution in [2.45, 2.75) is 6.54 Å². The molecule has 88 valence electrons. The van der Waals surface area contributed by atoms with Gasteiger partial charge in [0.05, 0.1) is 18.4 Å². The molecular formula is C11H13N5O. The molecule has 1 aromatic carbocycles. The van der Waals surface area contributed by atoms with Crippen molar-refractivity contribution in [3.63, 3.8) is 0 Å². The van der Waals surface area contributed by atoms with Crippen molar-refractivity contribution in [2.24, 2.45) is 12.8 Å². The molecule has 0 spiro atoms. The van der Waals surface area contributed by atoms with Crippen LogP contribution in [0.25, 0.3) is 0 Å². The second kappa shape index (κ2) is 4.65. The minimum Gasteiger partial charge on any atom is -0.379 e. The molecule has 6 heteroatoms. The number of nitrogens with one attached hydrogen (secondary N) is 1. The number of primary amides is 1. The zero-order valence-corrected chi connectivity index (χ0v) is 9.42. The van der Waals surface area contributed by atoms with Crippen molar-refractivity contribution < 1.29 is 4.79 Å². The van der Waals surface area contributed by atoms with Gasteiger partial charge in [-0.25, -0.2) is 0 Å². The Bertz CT molecular complexity index is 534. The van der Waals surface area contributed by atoms with Crippen molar-refractivity contribution in [3.05, 3.63) is 41.7 Å². The van der Waals surface area contributed by atoms with E-state index in [0.29, 0.717) is 12.1 Å². The van der Waals surface area contributed by atoms with Gasteiger partial charge < -0.3 is 11.1 Å². The van der Waals surface area contributed by atoms with Gasteiger partial charge in [0.15, 0.2) is 0 Å². The van der Waals surface area contributed by atoms with E-state index in [4.69, 9.17) is 5.73 Å². The highest BCUT2D eigenvalue weighted by molar-refractivity contribution is 5.93. The van der Waals surface area contributed by atoms with Crippen LogP contribution in [0.4, 0.5) is 5.69 Å². The maximum atomic E-state index is 11.0. The zero-order valence-electron chi connectivity index (χ0n) is 9.42. The van der Waals surface area contributed by atoms with Crippen LogP contribution in [0.1, 0.15) is 16.1 Å². The average molecular weight is 231 g/mol. The lowest BCUT2D eigenvalue weighted by Crippen LogP contribution is -2.11. The van der Waals surface area contributed by atoms with Gasteiger partial charge in [0.2, 0.25) is 5.91 Å². The second-order valence-electron chi connectivity index (χ2n) is 3.65. The molecule has 0 bridgehead atoms. The summed E-state index contributed by atoms with van der Waals surface area (Å²) in [6, 6.07) is 7.05. The van der Waals surface area contributed by atoms with E-state index < -0.39 is 5.91 Å². The largest absolute Gasteiger partial charge is 0.379 e. The van der Waals surface area contributed by atoms with Crippen LogP contribution < -0.4 is 11.1 Å². The van der Waals surface area contributed by atoms with Crippen molar-refractivity contribution >= 4 is 11.6 Å². The first-order valence-corrected chi connectivity index (χ1v) is 5.14. The molecule has 17 heavy (non-hydrogen) atoms. The maximum absolute atomic E-state index is 11.0. The molecule has 6 nitrogen and oxygen atoms in total. The number of amides is 1. The molecule has 0 saturated heterocycles. The van der Waals surface area contributed by atoms with Gasteiger partial charge in [-0.15, -0.1) is 5.10 Å². The quantitative estimate of drug-likeness (QED) is 0.803. The van der Waals surface area contributed by atoms with Gasteiger partial charge in [0, 0.05) is 18.3 Å². The maximum Gasteiger partial charge on any atom is 0.248 e. The minimum absolute atomic E-state index is 0.434. The van der Waals surface area contributed by atoms with Crippen LogP contribution in [0.5, 0.6) is 0 Å². The van der Waals surface area contributed by atoms with Crippen molar-refractivity contribution in [1.29, 1.82) is 0 Å². The lowest BCUT2D eigenvalue weighted by atomic mass is 10.2. The van der Waals surface area contributed by atoms with E-state index in [0.717, 1.165) is 11.4 Å². The number of nitrogens with zero attached hydrogens (tertiary/aromatic N) is 3. The molecule has 0 fully saturated rings. The van der Waals surface area contributed by atoms with Gasteiger partial charge in [0.1, 0.15) is 0 Å². The van der Waals surface area contributed by atoms with Gasteiger partial charge >= 0.3 is 0 Å². The Labute approximate surface area is 98.4 Å². The average Bonchev–Trinajstić information content (AvgIpc) is 2.72. The van der Waals surface area contributed by atoms with Crippen LogP contribution in [-0.2, 0) is 13.6 Å². The topological polar surface area (TPSA) is 85.8 Å². The predicted molar refractivity (Wildman–Crippen MR) is 63.3 cm³/mol. The van der Waals surface area contributed by atoms with Crippen LogP contribution in [0.15, 0.2) is 30.5 Å². The molecule has 0 saturated carbocycles. The van der Waals surface area contributed by atoms with Gasteiger partial charge in [0.25, 0.3) is 0 Å². The molecular weight excluding hydrogens is 218 g/mol. The summed E-state index contributed by atoms with van der Waals surface area (Å²) in [5.74, 6) is -0.434. The van der Waals surface area contributed by atoms with Crippen LogP contribution in [0.2, 0.25) is 0 Å². The minimum atomic E-state index is -0.434. The fourth-order valence-electron chi connectivity index (χ4n) is 1.45. The number of anilines is 1. The number of aryl methyl sites for hydroxylation is 1. The van der Waals surface area contributed by atoms with E-state index in [2.05, 4.69) is 15.6 Å². The van der Waals surface area contributed by atoms with Crippen LogP contribution >= 0.6 is 0 Å². The summed E-state index contributed by atoms with van der Waals surface area (Å²) in [4.78, 5) is 11.0. The number of benzene rings is 1. The Morgan fingerprint density at radius 3 is 3.00 bits per heavy atom. The van der Waals surface area contributed by atoms with E-state index >= 15 is 0 Å². The molecule has 0 unspecified atom stereocenters. The molecule has 0 aliphatic carbocycles. The van der Waals surface area contributed by atoms with Gasteiger partial charge in [-0.3, -0.25) is 9.48 Å². The molecule has 3 N–H and O–H groups in total. The second-order valence-corrected chi connectivity index (χ2v) is 3.65. The SMILES string of the molecule is Cn1nncc1CNc1cccc(C(N)=O)c1. The monoisotopic (exact) mass is 231 g/mol. The third-order valence-corrected chi connectivity index (χ3v) is 2.43. The third-order valence-electron chi connectivity index (χ3n) is 2.43. The first-order chi connectivity index (χ1) is 8.16. The van der Waals surface area contributed by atoms with Crippen LogP contribution in [0, 0.1) is 0 Å². The Kier molecular flexibility index (Phi) is 3.04. The van der Waals surface area contributed by atoms with Gasteiger partial charge in [-0.1, -0.05) is 11.3 Å². The number of rotatable bonds is 4. The highest BCUT2D eigenvalue weighted by Crippen LogP contribution is 2.11. The standard InChI is InChI=1S/C11H13N5O/c1-16-10(7-14-15-16)6-13-9-4-2-3-8(5-9)11(12)17/h2-5,7,13H,6H2,1H3,(H2,12,17). The van der Waals surface area contributed by atoms with E-state index in [-0.39, 0.29) is 0 Å². The highest BCUT2D eigenvalue weighted by Gasteiger charge is 2.02. The Balaban J connectivity index is 2.07. The molecule has 2 rings (SSSR count). The number of hydrogen-bond donors (Lipinski definition) is 2. The predicted octanol–water partition coefficient (Wildman–Crippen LogP) is 0.526. The lowest BCUT2D eigenvalue weighted by Gasteiger charge is -2.06. The Morgan fingerprint density at radius 1 is 1.53 bits per heavy atom. The number of carbonyl (C=O) groups is 1. The molecule has 1 aromatic heterocycles. The van der Waals surface area contributed by atoms with Gasteiger partial charge in [-0.05, 0) is 18.2 Å². The summed E-state index contributed by atoms with van der Waals surface area (Å²) >= 11 is 0. The summed E-state index contributed by atoms with van der Waals surface area (Å²) in [6.07, 6.45) is 1.69. The van der Waals surface area contributed by atoms with Crippen LogP contribution in [-0.4, -0.2) is 20.9 Å². The molecule has 0 aliphatic heterocycles. The van der Waals surface area contributed by atoms with E-state index in [1.807, 2.05) is 13.1 Å². The summed E-state index contributed by atoms with van der Waals surface area (Å²) in [6.45, 7) is 0.589. The molecule has 2 aromatic rings. The normalized spacial score (nSPS) is 10.2. The number of aromatic nitrogens is 3. The third kappa shape index (κ3) is 2.60. The Morgan fingerprint density at radius 2 is 2.35 bits per heavy atom. The van der Waals surface area contributed by atoms with E-state index in [1.165, 1.54) is 0 Å². The summed E-state index contributed by atoms with van der Waals surface area (Å²) < 4.78 is 1.69. The fraction of sp³-hybridized carbons (Fsp3) is 0.182. The van der Waals surface area contributed by atoms with Gasteiger partial charge in [-0.2, -0.15) is 0 Å². The van der Waals surface area contributed by atoms with Crippen molar-refractivity contribution in [3.8, 4) is 0 Å². The first-order valence-electron chi connectivity index (χ1n) is 5.14. The highest BCUT2D eigenvalue weighted by atomic mass is 16.1. The summed E-state index contributed by atoms with van der Waals surface area (Å²) in [7, 11) is 1.82. The number of hydrogen-bond acceptors (Lipinski definition) is 4. The van der Waals surface area contributed by atoms with Crippen LogP contribution in [0.3, 0.4) is 0 Å². The first kappa shape index (κ1) is 11.1. The fourth-order valence-corrected chi connectivity index (χ4v) is 1.45. The molecule has 1 amide bonds. The molecule has 1 heterocycles. The van der Waals surface area contributed by atoms with Crippen molar-refractivity contribution in [1.82, 2.24) is 15.0 Å². The Hall–Kier alpha value is -2.37. The number of carbonyl (C=O) groups excluding carboxylic acids is 1. The summed E-state index contributed by atoms with van der Waals surface area (Å²) in [5.41, 5.74) is 7.48. The lowest BCUT2D eigenvalue weighted by molar-refractivity contribution is 0.100. The van der Waals surface area contributed by atoms with Crippen molar-refractivity contribution in [2.75, 3.05) is 5.32 Å². The number of nitrogens with two attached hydrogens (primary N) is 1. The molecule has 0 aliphatic rings. The summed E-state index contributed by atoms with van der Waals surface area (Å²) in [5, 5.41) is 10.8.